The summed E-state index contributed by atoms with van der Waals surface area (Å²) in [6, 6.07) is 12.6. The maximum atomic E-state index is 14.0. The van der Waals surface area contributed by atoms with Crippen LogP contribution in [0.1, 0.15) is 31.4 Å². The van der Waals surface area contributed by atoms with Gasteiger partial charge in [0, 0.05) is 13.1 Å². The Morgan fingerprint density at radius 3 is 2.12 bits per heavy atom. The van der Waals surface area contributed by atoms with Crippen LogP contribution in [0.4, 0.5) is 18.9 Å². The molecular formula is C28H27Cl3F3N3O4S. The fourth-order valence-electron chi connectivity index (χ4n) is 4.16. The number of nitrogens with one attached hydrogen (secondary N) is 1. The molecule has 0 aliphatic heterocycles. The lowest BCUT2D eigenvalue weighted by Crippen LogP contribution is -2.52. The van der Waals surface area contributed by atoms with Crippen LogP contribution in [-0.4, -0.2) is 44.3 Å². The van der Waals surface area contributed by atoms with Gasteiger partial charge >= 0.3 is 6.18 Å². The van der Waals surface area contributed by atoms with Crippen molar-refractivity contribution in [3.05, 3.63) is 92.9 Å². The van der Waals surface area contributed by atoms with Crippen molar-refractivity contribution in [1.82, 2.24) is 10.2 Å². The molecule has 0 aromatic heterocycles. The van der Waals surface area contributed by atoms with E-state index in [0.717, 1.165) is 11.0 Å². The summed E-state index contributed by atoms with van der Waals surface area (Å²) in [5.74, 6) is -1.37. The van der Waals surface area contributed by atoms with Gasteiger partial charge in [-0.05, 0) is 61.4 Å². The summed E-state index contributed by atoms with van der Waals surface area (Å²) in [5, 5.41) is 2.77. The van der Waals surface area contributed by atoms with E-state index in [-0.39, 0.29) is 39.5 Å². The molecule has 0 radical (unpaired) electrons. The van der Waals surface area contributed by atoms with Gasteiger partial charge in [-0.25, -0.2) is 8.42 Å². The number of anilines is 1. The molecule has 7 nitrogen and oxygen atoms in total. The molecule has 0 saturated carbocycles. The minimum absolute atomic E-state index is 0.147. The topological polar surface area (TPSA) is 86.8 Å². The summed E-state index contributed by atoms with van der Waals surface area (Å²) in [6.07, 6.45) is -4.67. The third kappa shape index (κ3) is 7.89. The van der Waals surface area contributed by atoms with Crippen molar-refractivity contribution in [2.45, 2.75) is 43.9 Å². The van der Waals surface area contributed by atoms with E-state index in [0.29, 0.717) is 22.0 Å². The highest BCUT2D eigenvalue weighted by atomic mass is 35.5. The number of hydrogen-bond donors (Lipinski definition) is 1. The quantitative estimate of drug-likeness (QED) is 0.244. The summed E-state index contributed by atoms with van der Waals surface area (Å²) >= 11 is 18.4. The van der Waals surface area contributed by atoms with Crippen LogP contribution in [-0.2, 0) is 32.3 Å². The first-order chi connectivity index (χ1) is 19.7. The van der Waals surface area contributed by atoms with Gasteiger partial charge < -0.3 is 10.2 Å². The second-order valence-electron chi connectivity index (χ2n) is 9.08. The fraction of sp³-hybridized carbons (Fsp3) is 0.286. The Morgan fingerprint density at radius 2 is 1.55 bits per heavy atom. The third-order valence-electron chi connectivity index (χ3n) is 6.23. The first kappa shape index (κ1) is 33.5. The number of rotatable bonds is 11. The van der Waals surface area contributed by atoms with Gasteiger partial charge in [0.25, 0.3) is 10.0 Å². The molecule has 0 aliphatic rings. The first-order valence-corrected chi connectivity index (χ1v) is 15.2. The predicted octanol–water partition coefficient (Wildman–Crippen LogP) is 6.80. The summed E-state index contributed by atoms with van der Waals surface area (Å²) in [4.78, 5) is 27.8. The molecule has 42 heavy (non-hydrogen) atoms. The van der Waals surface area contributed by atoms with E-state index in [1.807, 2.05) is 0 Å². The Labute approximate surface area is 257 Å². The lowest BCUT2D eigenvalue weighted by molar-refractivity contribution is -0.140. The van der Waals surface area contributed by atoms with Gasteiger partial charge in [-0.15, -0.1) is 0 Å². The Kier molecular flexibility index (Phi) is 11.2. The number of hydrogen-bond acceptors (Lipinski definition) is 4. The highest BCUT2D eigenvalue weighted by Gasteiger charge is 2.37. The second-order valence-corrected chi connectivity index (χ2v) is 12.2. The molecule has 0 spiro atoms. The molecule has 0 bridgehead atoms. The molecule has 1 atom stereocenters. The molecule has 0 unspecified atom stereocenters. The van der Waals surface area contributed by atoms with E-state index < -0.39 is 51.9 Å². The zero-order chi connectivity index (χ0) is 31.2. The van der Waals surface area contributed by atoms with E-state index in [4.69, 9.17) is 34.8 Å². The zero-order valence-electron chi connectivity index (χ0n) is 22.5. The molecule has 2 amide bonds. The minimum Gasteiger partial charge on any atom is -0.355 e. The number of nitrogens with zero attached hydrogens (tertiary/aromatic N) is 2. The van der Waals surface area contributed by atoms with E-state index in [1.165, 1.54) is 36.4 Å². The fourth-order valence-corrected chi connectivity index (χ4v) is 6.20. The van der Waals surface area contributed by atoms with Crippen molar-refractivity contribution in [2.75, 3.05) is 17.4 Å². The molecule has 3 aromatic rings. The molecule has 0 fully saturated rings. The number of carbonyl (C=O) groups excluding carboxylic acids is 2. The molecule has 226 valence electrons. The van der Waals surface area contributed by atoms with Crippen molar-refractivity contribution in [1.29, 1.82) is 0 Å². The Morgan fingerprint density at radius 1 is 0.905 bits per heavy atom. The second kappa shape index (κ2) is 14.0. The lowest BCUT2D eigenvalue weighted by atomic mass is 10.1. The van der Waals surface area contributed by atoms with Gasteiger partial charge in [-0.1, -0.05) is 66.0 Å². The number of benzene rings is 3. The van der Waals surface area contributed by atoms with Crippen LogP contribution in [0.15, 0.2) is 71.6 Å². The number of halogens is 6. The summed E-state index contributed by atoms with van der Waals surface area (Å²) < 4.78 is 69.1. The van der Waals surface area contributed by atoms with Gasteiger partial charge in [0.15, 0.2) is 0 Å². The highest BCUT2D eigenvalue weighted by Crippen LogP contribution is 2.37. The number of carbonyl (C=O) groups is 2. The first-order valence-electron chi connectivity index (χ1n) is 12.7. The van der Waals surface area contributed by atoms with Crippen molar-refractivity contribution in [2.24, 2.45) is 0 Å². The lowest BCUT2D eigenvalue weighted by Gasteiger charge is -2.33. The molecular weight excluding hydrogens is 638 g/mol. The van der Waals surface area contributed by atoms with Crippen LogP contribution in [0.2, 0.25) is 15.1 Å². The molecule has 0 heterocycles. The molecule has 0 aliphatic carbocycles. The van der Waals surface area contributed by atoms with Crippen molar-refractivity contribution in [3.63, 3.8) is 0 Å². The summed E-state index contributed by atoms with van der Waals surface area (Å²) in [7, 11) is -4.62. The Hall–Kier alpha value is -2.99. The standard InChI is InChI=1S/C28H27Cl3F3N3O4S/c1-3-24(27(39)35-4-2)36(16-18-10-12-21(29)23(31)14-18)26(38)17-37(42(40,41)20-8-6-5-7-9-20)25-15-19(28(32,33)34)11-13-22(25)30/h5-15,24H,3-4,16-17H2,1-2H3,(H,35,39)/t24-/m0/s1. The van der Waals surface area contributed by atoms with Gasteiger partial charge in [0.1, 0.15) is 12.6 Å². The van der Waals surface area contributed by atoms with Gasteiger partial charge in [0.2, 0.25) is 11.8 Å². The van der Waals surface area contributed by atoms with Crippen molar-refractivity contribution in [3.8, 4) is 0 Å². The van der Waals surface area contributed by atoms with Gasteiger partial charge in [0.05, 0.1) is 31.2 Å². The average Bonchev–Trinajstić information content (AvgIpc) is 2.93. The molecule has 0 saturated heterocycles. The van der Waals surface area contributed by atoms with Gasteiger partial charge in [-0.2, -0.15) is 13.2 Å². The van der Waals surface area contributed by atoms with E-state index in [9.17, 15) is 31.2 Å². The monoisotopic (exact) mass is 663 g/mol. The summed E-state index contributed by atoms with van der Waals surface area (Å²) in [5.41, 5.74) is -1.23. The highest BCUT2D eigenvalue weighted by molar-refractivity contribution is 7.92. The Balaban J connectivity index is 2.16. The SMILES string of the molecule is CCNC(=O)[C@H](CC)N(Cc1ccc(Cl)c(Cl)c1)C(=O)CN(c1cc(C(F)(F)F)ccc1Cl)S(=O)(=O)c1ccccc1. The zero-order valence-corrected chi connectivity index (χ0v) is 25.5. The number of likely N-dealkylation sites (N-methyl/N-ethyl adjacent to an activating group) is 1. The van der Waals surface area contributed by atoms with Crippen LogP contribution in [0.5, 0.6) is 0 Å². The van der Waals surface area contributed by atoms with Gasteiger partial charge in [-0.3, -0.25) is 13.9 Å². The average molecular weight is 665 g/mol. The van der Waals surface area contributed by atoms with Crippen molar-refractivity contribution < 1.29 is 31.2 Å². The van der Waals surface area contributed by atoms with Crippen LogP contribution in [0.25, 0.3) is 0 Å². The minimum atomic E-state index is -4.82. The largest absolute Gasteiger partial charge is 0.416 e. The number of amides is 2. The number of sulfonamides is 1. The molecule has 1 N–H and O–H groups in total. The van der Waals surface area contributed by atoms with E-state index in [2.05, 4.69) is 5.32 Å². The third-order valence-corrected chi connectivity index (χ3v) is 9.06. The maximum absolute atomic E-state index is 14.0. The molecule has 14 heteroatoms. The van der Waals surface area contributed by atoms with Crippen LogP contribution >= 0.6 is 34.8 Å². The normalized spacial score (nSPS) is 12.5. The Bertz CT molecular complexity index is 1540. The van der Waals surface area contributed by atoms with Crippen LogP contribution in [0, 0.1) is 0 Å². The van der Waals surface area contributed by atoms with Crippen LogP contribution in [0.3, 0.4) is 0 Å². The van der Waals surface area contributed by atoms with Crippen LogP contribution < -0.4 is 9.62 Å². The smallest absolute Gasteiger partial charge is 0.355 e. The summed E-state index contributed by atoms with van der Waals surface area (Å²) in [6.45, 7) is 2.48. The maximum Gasteiger partial charge on any atom is 0.416 e. The van der Waals surface area contributed by atoms with Crippen molar-refractivity contribution >= 4 is 62.3 Å². The predicted molar refractivity (Wildman–Crippen MR) is 157 cm³/mol. The van der Waals surface area contributed by atoms with E-state index >= 15 is 0 Å². The van der Waals surface area contributed by atoms with E-state index in [1.54, 1.807) is 26.0 Å². The molecule has 3 aromatic carbocycles. The number of alkyl halides is 3. The molecule has 3 rings (SSSR count).